The van der Waals surface area contributed by atoms with Crippen molar-refractivity contribution < 1.29 is 4.92 Å². The number of hydrogen-bond donors (Lipinski definition) is 0. The molecule has 0 amide bonds. The minimum absolute atomic E-state index is 0.00912. The second-order valence-electron chi connectivity index (χ2n) is 4.93. The Morgan fingerprint density at radius 3 is 2.71 bits per heavy atom. The maximum absolute atomic E-state index is 10.8. The van der Waals surface area contributed by atoms with Crippen molar-refractivity contribution in [2.45, 2.75) is 0 Å². The summed E-state index contributed by atoms with van der Waals surface area (Å²) in [4.78, 5) is 14.9. The summed E-state index contributed by atoms with van der Waals surface area (Å²) in [5.41, 5.74) is 2.74. The first-order valence-corrected chi connectivity index (χ1v) is 7.93. The summed E-state index contributed by atoms with van der Waals surface area (Å²) < 4.78 is 0. The van der Waals surface area contributed by atoms with Gasteiger partial charge in [-0.2, -0.15) is 5.26 Å². The molecule has 1 aromatic heterocycles. The van der Waals surface area contributed by atoms with Crippen LogP contribution < -0.4 is 0 Å². The standard InChI is InChI=1S/C18H11N3O2S/c19-11-15(9-13-5-4-8-16(10-13)21(22)23)18-20-17(12-24-18)14-6-2-1-3-7-14/h1-10,12H. The van der Waals surface area contributed by atoms with Crippen molar-refractivity contribution >= 4 is 28.7 Å². The molecule has 0 aliphatic rings. The Morgan fingerprint density at radius 2 is 2.00 bits per heavy atom. The highest BCUT2D eigenvalue weighted by Gasteiger charge is 2.10. The number of nitro groups is 1. The zero-order valence-corrected chi connectivity index (χ0v) is 13.2. The van der Waals surface area contributed by atoms with Gasteiger partial charge in [0.15, 0.2) is 0 Å². The molecule has 0 N–H and O–H groups in total. The van der Waals surface area contributed by atoms with Crippen molar-refractivity contribution in [3.63, 3.8) is 0 Å². The van der Waals surface area contributed by atoms with E-state index < -0.39 is 4.92 Å². The number of aromatic nitrogens is 1. The number of nitro benzene ring substituents is 1. The number of thiazole rings is 1. The average Bonchev–Trinajstić information content (AvgIpc) is 3.10. The van der Waals surface area contributed by atoms with Gasteiger partial charge in [0.25, 0.3) is 5.69 Å². The summed E-state index contributed by atoms with van der Waals surface area (Å²) >= 11 is 1.37. The molecule has 0 bridgehead atoms. The molecule has 0 radical (unpaired) electrons. The van der Waals surface area contributed by atoms with E-state index in [2.05, 4.69) is 11.1 Å². The molecule has 0 spiro atoms. The second-order valence-corrected chi connectivity index (χ2v) is 5.78. The first kappa shape index (κ1) is 15.6. The maximum Gasteiger partial charge on any atom is 0.270 e. The van der Waals surface area contributed by atoms with E-state index in [1.54, 1.807) is 18.2 Å². The van der Waals surface area contributed by atoms with Crippen LogP contribution in [0.3, 0.4) is 0 Å². The molecule has 5 nitrogen and oxygen atoms in total. The van der Waals surface area contributed by atoms with Gasteiger partial charge in [0.1, 0.15) is 11.1 Å². The van der Waals surface area contributed by atoms with Gasteiger partial charge in [-0.25, -0.2) is 4.98 Å². The van der Waals surface area contributed by atoms with E-state index in [9.17, 15) is 15.4 Å². The van der Waals surface area contributed by atoms with E-state index in [4.69, 9.17) is 0 Å². The van der Waals surface area contributed by atoms with Crippen LogP contribution in [0.5, 0.6) is 0 Å². The van der Waals surface area contributed by atoms with Gasteiger partial charge in [-0.05, 0) is 11.6 Å². The predicted molar refractivity (Wildman–Crippen MR) is 94.1 cm³/mol. The molecule has 0 aliphatic carbocycles. The molecular formula is C18H11N3O2S. The average molecular weight is 333 g/mol. The predicted octanol–water partition coefficient (Wildman–Crippen LogP) is 4.78. The summed E-state index contributed by atoms with van der Waals surface area (Å²) in [6, 6.07) is 18.0. The van der Waals surface area contributed by atoms with Crippen LogP contribution in [0.15, 0.2) is 60.0 Å². The van der Waals surface area contributed by atoms with Crippen molar-refractivity contribution in [2.24, 2.45) is 0 Å². The van der Waals surface area contributed by atoms with Crippen LogP contribution >= 0.6 is 11.3 Å². The Labute approximate surface area is 142 Å². The maximum atomic E-state index is 10.8. The normalized spacial score (nSPS) is 11.0. The lowest BCUT2D eigenvalue weighted by molar-refractivity contribution is -0.384. The monoisotopic (exact) mass is 333 g/mol. The number of non-ortho nitro benzene ring substituents is 1. The number of benzene rings is 2. The van der Waals surface area contributed by atoms with Gasteiger partial charge in [0.05, 0.1) is 16.2 Å². The highest BCUT2D eigenvalue weighted by Crippen LogP contribution is 2.27. The van der Waals surface area contributed by atoms with Crippen molar-refractivity contribution in [1.82, 2.24) is 4.98 Å². The molecule has 3 aromatic rings. The lowest BCUT2D eigenvalue weighted by Gasteiger charge is -1.97. The molecule has 6 heteroatoms. The van der Waals surface area contributed by atoms with E-state index in [1.807, 2.05) is 35.7 Å². The van der Waals surface area contributed by atoms with Crippen LogP contribution in [0.25, 0.3) is 22.9 Å². The summed E-state index contributed by atoms with van der Waals surface area (Å²) in [5.74, 6) is 0. The van der Waals surface area contributed by atoms with Crippen molar-refractivity contribution in [2.75, 3.05) is 0 Å². The van der Waals surface area contributed by atoms with Crippen molar-refractivity contribution in [3.8, 4) is 17.3 Å². The molecule has 0 unspecified atom stereocenters. The molecule has 2 aromatic carbocycles. The van der Waals surface area contributed by atoms with Gasteiger partial charge in [-0.1, -0.05) is 42.5 Å². The van der Waals surface area contributed by atoms with Gasteiger partial charge < -0.3 is 0 Å². The quantitative estimate of drug-likeness (QED) is 0.391. The number of allylic oxidation sites excluding steroid dienone is 1. The van der Waals surface area contributed by atoms with E-state index in [1.165, 1.54) is 23.5 Å². The largest absolute Gasteiger partial charge is 0.270 e. The zero-order chi connectivity index (χ0) is 16.9. The van der Waals surface area contributed by atoms with Gasteiger partial charge in [0.2, 0.25) is 0 Å². The Hall–Kier alpha value is -3.30. The van der Waals surface area contributed by atoms with Crippen LogP contribution in [-0.4, -0.2) is 9.91 Å². The minimum Gasteiger partial charge on any atom is -0.258 e. The Kier molecular flexibility index (Phi) is 4.45. The summed E-state index contributed by atoms with van der Waals surface area (Å²) in [5, 5.41) is 22.7. The topological polar surface area (TPSA) is 79.8 Å². The highest BCUT2D eigenvalue weighted by molar-refractivity contribution is 7.11. The molecule has 3 rings (SSSR count). The number of hydrogen-bond acceptors (Lipinski definition) is 5. The third-order valence-corrected chi connectivity index (χ3v) is 4.19. The van der Waals surface area contributed by atoms with Gasteiger partial charge in [0, 0.05) is 23.1 Å². The third kappa shape index (κ3) is 3.37. The Bertz CT molecular complexity index is 956. The highest BCUT2D eigenvalue weighted by atomic mass is 32.1. The molecule has 0 atom stereocenters. The molecule has 24 heavy (non-hydrogen) atoms. The first-order chi connectivity index (χ1) is 11.7. The molecule has 116 valence electrons. The van der Waals surface area contributed by atoms with Crippen molar-refractivity contribution in [3.05, 3.63) is 80.7 Å². The number of rotatable bonds is 4. The fourth-order valence-electron chi connectivity index (χ4n) is 2.18. The minimum atomic E-state index is -0.458. The Morgan fingerprint density at radius 1 is 1.21 bits per heavy atom. The second kappa shape index (κ2) is 6.86. The van der Waals surface area contributed by atoms with Crippen molar-refractivity contribution in [1.29, 1.82) is 5.26 Å². The van der Waals surface area contributed by atoms with Crippen LogP contribution in [0.1, 0.15) is 10.6 Å². The fraction of sp³-hybridized carbons (Fsp3) is 0. The summed E-state index contributed by atoms with van der Waals surface area (Å²) in [6.45, 7) is 0. The third-order valence-electron chi connectivity index (χ3n) is 3.32. The molecule has 0 aliphatic heterocycles. The molecule has 0 saturated heterocycles. The number of nitrogens with zero attached hydrogens (tertiary/aromatic N) is 3. The van der Waals surface area contributed by atoms with Gasteiger partial charge in [-0.15, -0.1) is 11.3 Å². The Balaban J connectivity index is 1.95. The van der Waals surface area contributed by atoms with Crippen LogP contribution in [0, 0.1) is 21.4 Å². The zero-order valence-electron chi connectivity index (χ0n) is 12.4. The first-order valence-electron chi connectivity index (χ1n) is 7.05. The molecule has 0 saturated carbocycles. The van der Waals surface area contributed by atoms with E-state index >= 15 is 0 Å². The van der Waals surface area contributed by atoms with Gasteiger partial charge >= 0.3 is 0 Å². The van der Waals surface area contributed by atoms with Crippen LogP contribution in [-0.2, 0) is 0 Å². The summed E-state index contributed by atoms with van der Waals surface area (Å²) in [6.07, 6.45) is 1.61. The summed E-state index contributed by atoms with van der Waals surface area (Å²) in [7, 11) is 0. The van der Waals surface area contributed by atoms with E-state index in [-0.39, 0.29) is 5.69 Å². The lowest BCUT2D eigenvalue weighted by Crippen LogP contribution is -1.88. The van der Waals surface area contributed by atoms with Gasteiger partial charge in [-0.3, -0.25) is 10.1 Å². The molecule has 1 heterocycles. The smallest absolute Gasteiger partial charge is 0.258 e. The number of nitriles is 1. The lowest BCUT2D eigenvalue weighted by atomic mass is 10.1. The van der Waals surface area contributed by atoms with Crippen LogP contribution in [0.4, 0.5) is 5.69 Å². The SMILES string of the molecule is N#CC(=Cc1cccc([N+](=O)[O-])c1)c1nc(-c2ccccc2)cs1. The molecular weight excluding hydrogens is 322 g/mol. The fourth-order valence-corrected chi connectivity index (χ4v) is 2.97. The van der Waals surface area contributed by atoms with E-state index in [0.717, 1.165) is 11.3 Å². The van der Waals surface area contributed by atoms with E-state index in [0.29, 0.717) is 16.1 Å². The van der Waals surface area contributed by atoms with Crippen LogP contribution in [0.2, 0.25) is 0 Å². The molecule has 0 fully saturated rings.